The fourth-order valence-electron chi connectivity index (χ4n) is 8.30. The van der Waals surface area contributed by atoms with Gasteiger partial charge in [0, 0.05) is 12.8 Å². The maximum Gasteiger partial charge on any atom is 0.306 e. The smallest absolute Gasteiger partial charge is 0.306 e. The number of nitrogens with zero attached hydrogens (tertiary/aromatic N) is 1. The monoisotopic (exact) mass is 1070 g/mol. The second kappa shape index (κ2) is 54.3. The third kappa shape index (κ3) is 55.5. The van der Waals surface area contributed by atoms with Crippen LogP contribution in [0.1, 0.15) is 252 Å². The lowest BCUT2D eigenvalue weighted by molar-refractivity contribution is -0.870. The predicted octanol–water partition coefficient (Wildman–Crippen LogP) is 18.1. The molecule has 0 saturated heterocycles. The van der Waals surface area contributed by atoms with Crippen LogP contribution < -0.4 is 10.2 Å². The zero-order chi connectivity index (χ0) is 55.0. The van der Waals surface area contributed by atoms with Gasteiger partial charge in [-0.2, -0.15) is 0 Å². The molecule has 3 atom stereocenters. The minimum absolute atomic E-state index is 0.0374. The first-order valence-electron chi connectivity index (χ1n) is 30.5. The normalized spacial score (nSPS) is 14.4. The Morgan fingerprint density at radius 2 is 0.867 bits per heavy atom. The SMILES string of the molecule is CC/C=C\C/C=C\C/C=C\C/C=C\C/C=C\CCCCCCCCCC(=O)OC(/C=C\CCCCCCCCCCCCC)C(COP(=O)([O-])OCC[N+](C)(C)C)NC(=O)CC/C=C/C/C=C\CCCCCCCC. The number of unbranched alkanes of at least 4 members (excludes halogenated alkanes) is 24. The minimum Gasteiger partial charge on any atom is -0.756 e. The number of likely N-dealkylation sites (N-methyl/N-ethyl adjacent to an activating group) is 1. The molecule has 0 aromatic rings. The summed E-state index contributed by atoms with van der Waals surface area (Å²) in [5.41, 5.74) is 0. The zero-order valence-electron chi connectivity index (χ0n) is 49.2. The third-order valence-electron chi connectivity index (χ3n) is 13.0. The maximum atomic E-state index is 13.5. The van der Waals surface area contributed by atoms with E-state index in [1.165, 1.54) is 116 Å². The van der Waals surface area contributed by atoms with Crippen LogP contribution in [0.5, 0.6) is 0 Å². The summed E-state index contributed by atoms with van der Waals surface area (Å²) in [5.74, 6) is -0.635. The summed E-state index contributed by atoms with van der Waals surface area (Å²) in [7, 11) is 1.14. The van der Waals surface area contributed by atoms with E-state index in [-0.39, 0.29) is 31.3 Å². The summed E-state index contributed by atoms with van der Waals surface area (Å²) in [6.07, 6.45) is 72.5. The minimum atomic E-state index is -4.72. The Bertz CT molecular complexity index is 1610. The molecule has 0 aliphatic rings. The highest BCUT2D eigenvalue weighted by atomic mass is 31.2. The van der Waals surface area contributed by atoms with Crippen molar-refractivity contribution in [3.63, 3.8) is 0 Å². The van der Waals surface area contributed by atoms with Crippen LogP contribution in [0.4, 0.5) is 0 Å². The van der Waals surface area contributed by atoms with Crippen LogP contribution in [0.3, 0.4) is 0 Å². The van der Waals surface area contributed by atoms with Crippen molar-refractivity contribution in [3.05, 3.63) is 97.2 Å². The van der Waals surface area contributed by atoms with Crippen molar-refractivity contribution in [1.82, 2.24) is 5.32 Å². The van der Waals surface area contributed by atoms with Gasteiger partial charge in [0.2, 0.25) is 5.91 Å². The molecule has 0 spiro atoms. The van der Waals surface area contributed by atoms with E-state index in [0.717, 1.165) is 89.9 Å². The van der Waals surface area contributed by atoms with Crippen LogP contribution in [-0.4, -0.2) is 69.4 Å². The van der Waals surface area contributed by atoms with Crippen LogP contribution in [0, 0.1) is 0 Å². The number of esters is 1. The lowest BCUT2D eigenvalue weighted by Gasteiger charge is -2.30. The van der Waals surface area contributed by atoms with E-state index in [4.69, 9.17) is 13.8 Å². The number of allylic oxidation sites excluding steroid dienone is 15. The number of hydrogen-bond donors (Lipinski definition) is 1. The number of amides is 1. The molecule has 10 heteroatoms. The summed E-state index contributed by atoms with van der Waals surface area (Å²) in [5, 5.41) is 2.98. The predicted molar refractivity (Wildman–Crippen MR) is 321 cm³/mol. The van der Waals surface area contributed by atoms with Crippen LogP contribution in [0.15, 0.2) is 97.2 Å². The summed E-state index contributed by atoms with van der Waals surface area (Å²) in [6.45, 7) is 6.66. The van der Waals surface area contributed by atoms with Gasteiger partial charge in [0.15, 0.2) is 0 Å². The number of nitrogens with one attached hydrogen (secondary N) is 1. The molecule has 0 aromatic carbocycles. The van der Waals surface area contributed by atoms with Crippen molar-refractivity contribution >= 4 is 19.7 Å². The lowest BCUT2D eigenvalue weighted by Crippen LogP contribution is -2.47. The highest BCUT2D eigenvalue weighted by Gasteiger charge is 2.27. The van der Waals surface area contributed by atoms with Gasteiger partial charge >= 0.3 is 5.97 Å². The molecule has 0 rings (SSSR count). The number of rotatable bonds is 54. The van der Waals surface area contributed by atoms with Gasteiger partial charge in [-0.3, -0.25) is 14.2 Å². The van der Waals surface area contributed by atoms with Crippen molar-refractivity contribution in [1.29, 1.82) is 0 Å². The number of phosphoric ester groups is 1. The number of carbonyl (C=O) groups excluding carboxylic acids is 2. The molecular weight excluding hydrogens is 952 g/mol. The summed E-state index contributed by atoms with van der Waals surface area (Å²) < 4.78 is 30.2. The van der Waals surface area contributed by atoms with Crippen molar-refractivity contribution in [2.24, 2.45) is 0 Å². The standard InChI is InChI=1S/C65H115N2O7P/c1-7-10-13-16-19-22-25-28-29-30-31-32-33-34-35-36-37-40-43-46-49-52-55-58-65(69)74-63(56-53-50-47-44-41-38-26-23-20-17-14-11-8-2)62(61-73-75(70,71)72-60-59-67(4,5)6)66-64(68)57-54-51-48-45-42-39-27-24-21-18-15-12-9-3/h10,13,19,22,28-29,31-32,34-35,39,42,48,51,53,56,62-63H,7-9,11-12,14-18,20-21,23-27,30,33,36-38,40-41,43-47,49-50,52,54-55,57-61H2,1-6H3,(H-,66,68,70,71)/b13-10-,22-19-,29-28-,32-31-,35-34-,42-39-,51-48+,56-53-. The molecule has 432 valence electrons. The molecule has 0 aliphatic heterocycles. The first-order chi connectivity index (χ1) is 36.4. The van der Waals surface area contributed by atoms with Crippen LogP contribution in [-0.2, 0) is 27.9 Å². The van der Waals surface area contributed by atoms with Crippen LogP contribution in [0.2, 0.25) is 0 Å². The fraction of sp³-hybridized carbons (Fsp3) is 0.723. The topological polar surface area (TPSA) is 114 Å². The van der Waals surface area contributed by atoms with E-state index in [1.54, 1.807) is 0 Å². The number of phosphoric acid groups is 1. The molecule has 9 nitrogen and oxygen atoms in total. The first kappa shape index (κ1) is 71.9. The summed E-state index contributed by atoms with van der Waals surface area (Å²) in [4.78, 5) is 39.9. The van der Waals surface area contributed by atoms with Gasteiger partial charge in [0.05, 0.1) is 33.8 Å². The molecule has 75 heavy (non-hydrogen) atoms. The second-order valence-corrected chi connectivity index (χ2v) is 22.9. The average molecular weight is 1070 g/mol. The Morgan fingerprint density at radius 1 is 0.480 bits per heavy atom. The molecule has 0 saturated carbocycles. The van der Waals surface area contributed by atoms with Gasteiger partial charge < -0.3 is 28.5 Å². The Morgan fingerprint density at radius 3 is 1.31 bits per heavy atom. The molecule has 1 N–H and O–H groups in total. The van der Waals surface area contributed by atoms with Crippen LogP contribution >= 0.6 is 7.82 Å². The van der Waals surface area contributed by atoms with E-state index >= 15 is 0 Å². The van der Waals surface area contributed by atoms with Gasteiger partial charge in [-0.15, -0.1) is 0 Å². The maximum absolute atomic E-state index is 13.5. The molecule has 0 aromatic heterocycles. The Balaban J connectivity index is 5.32. The molecule has 0 fully saturated rings. The highest BCUT2D eigenvalue weighted by Crippen LogP contribution is 2.38. The molecule has 0 bridgehead atoms. The second-order valence-electron chi connectivity index (χ2n) is 21.5. The Kier molecular flexibility index (Phi) is 52.1. The average Bonchev–Trinajstić information content (AvgIpc) is 3.37. The number of carbonyl (C=O) groups is 2. The molecule has 0 aliphatic carbocycles. The third-order valence-corrected chi connectivity index (χ3v) is 14.0. The van der Waals surface area contributed by atoms with Gasteiger partial charge in [-0.25, -0.2) is 0 Å². The molecule has 3 unspecified atom stereocenters. The summed E-state index contributed by atoms with van der Waals surface area (Å²) in [6, 6.07) is -0.928. The lowest BCUT2D eigenvalue weighted by atomic mass is 10.0. The number of quaternary nitrogens is 1. The molecule has 1 amide bonds. The van der Waals surface area contributed by atoms with Gasteiger partial charge in [0.25, 0.3) is 7.82 Å². The Labute approximate surface area is 462 Å². The summed E-state index contributed by atoms with van der Waals surface area (Å²) >= 11 is 0. The number of ether oxygens (including phenoxy) is 1. The van der Waals surface area contributed by atoms with Gasteiger partial charge in [-0.1, -0.05) is 240 Å². The van der Waals surface area contributed by atoms with E-state index in [1.807, 2.05) is 39.4 Å². The van der Waals surface area contributed by atoms with Crippen molar-refractivity contribution in [2.75, 3.05) is 40.9 Å². The quantitative estimate of drug-likeness (QED) is 0.0212. The van der Waals surface area contributed by atoms with E-state index in [9.17, 15) is 19.0 Å². The Hall–Kier alpha value is -3.07. The van der Waals surface area contributed by atoms with Crippen molar-refractivity contribution in [2.45, 2.75) is 264 Å². The van der Waals surface area contributed by atoms with E-state index in [0.29, 0.717) is 23.9 Å². The highest BCUT2D eigenvalue weighted by molar-refractivity contribution is 7.45. The van der Waals surface area contributed by atoms with Crippen LogP contribution in [0.25, 0.3) is 0 Å². The molecular formula is C65H115N2O7P. The zero-order valence-corrected chi connectivity index (χ0v) is 50.1. The fourth-order valence-corrected chi connectivity index (χ4v) is 9.03. The molecule has 0 radical (unpaired) electrons. The first-order valence-corrected chi connectivity index (χ1v) is 32.0. The van der Waals surface area contributed by atoms with Crippen molar-refractivity contribution in [3.8, 4) is 0 Å². The van der Waals surface area contributed by atoms with Gasteiger partial charge in [0.1, 0.15) is 19.3 Å². The van der Waals surface area contributed by atoms with Crippen molar-refractivity contribution < 1.29 is 37.3 Å². The van der Waals surface area contributed by atoms with E-state index in [2.05, 4.69) is 105 Å². The van der Waals surface area contributed by atoms with Gasteiger partial charge in [-0.05, 0) is 96.0 Å². The number of hydrogen-bond acceptors (Lipinski definition) is 7. The van der Waals surface area contributed by atoms with E-state index < -0.39 is 26.6 Å². The largest absolute Gasteiger partial charge is 0.756 e. The molecule has 0 heterocycles.